The third-order valence-corrected chi connectivity index (χ3v) is 7.43. The molecule has 3 aliphatic rings. The van der Waals surface area contributed by atoms with E-state index < -0.39 is 0 Å². The van der Waals surface area contributed by atoms with Crippen LogP contribution in [0, 0.1) is 31.6 Å². The average molecular weight is 373 g/mol. The van der Waals surface area contributed by atoms with Crippen LogP contribution in [-0.2, 0) is 6.42 Å². The van der Waals surface area contributed by atoms with Crippen LogP contribution < -0.4 is 5.32 Å². The van der Waals surface area contributed by atoms with E-state index in [-0.39, 0.29) is 5.54 Å². The molecule has 2 aromatic rings. The molecule has 1 aliphatic heterocycles. The average Bonchev–Trinajstić information content (AvgIpc) is 3.24. The lowest BCUT2D eigenvalue weighted by Gasteiger charge is -2.38. The summed E-state index contributed by atoms with van der Waals surface area (Å²) in [6.45, 7) is 9.00. The number of para-hydroxylation sites is 1. The molecule has 0 spiro atoms. The van der Waals surface area contributed by atoms with Gasteiger partial charge < -0.3 is 5.32 Å². The number of hydrogen-bond acceptors (Lipinski definition) is 2. The van der Waals surface area contributed by atoms with Crippen molar-refractivity contribution in [2.24, 2.45) is 22.7 Å². The number of benzene rings is 2. The fourth-order valence-corrected chi connectivity index (χ4v) is 6.31. The Morgan fingerprint density at radius 2 is 1.57 bits per heavy atom. The van der Waals surface area contributed by atoms with Gasteiger partial charge in [0.15, 0.2) is 0 Å². The number of hydrogen-bond donors (Lipinski definition) is 1. The summed E-state index contributed by atoms with van der Waals surface area (Å²) in [6.07, 6.45) is 5.14. The van der Waals surface area contributed by atoms with Gasteiger partial charge in [-0.15, -0.1) is 0 Å². The zero-order valence-electron chi connectivity index (χ0n) is 17.6. The molecule has 1 heterocycles. The van der Waals surface area contributed by atoms with Crippen LogP contribution in [-0.4, -0.2) is 11.4 Å². The lowest BCUT2D eigenvalue weighted by Crippen LogP contribution is -2.39. The van der Waals surface area contributed by atoms with Crippen molar-refractivity contribution in [2.75, 3.05) is 5.32 Å². The quantitative estimate of drug-likeness (QED) is 0.626. The number of amidine groups is 1. The van der Waals surface area contributed by atoms with Crippen LogP contribution in [0.3, 0.4) is 0 Å². The first kappa shape index (κ1) is 18.0. The van der Waals surface area contributed by atoms with Gasteiger partial charge in [-0.2, -0.15) is 0 Å². The first-order valence-electron chi connectivity index (χ1n) is 10.9. The molecule has 0 saturated heterocycles. The van der Waals surface area contributed by atoms with Gasteiger partial charge in [0.05, 0.1) is 5.54 Å². The lowest BCUT2D eigenvalue weighted by atomic mass is 9.71. The predicted octanol–water partition coefficient (Wildman–Crippen LogP) is 6.28. The Kier molecular flexibility index (Phi) is 4.15. The zero-order chi connectivity index (χ0) is 19.5. The maximum atomic E-state index is 5.41. The number of anilines is 1. The zero-order valence-corrected chi connectivity index (χ0v) is 17.6. The third-order valence-electron chi connectivity index (χ3n) is 7.43. The molecule has 2 saturated carbocycles. The largest absolute Gasteiger partial charge is 0.343 e. The van der Waals surface area contributed by atoms with E-state index in [2.05, 4.69) is 75.5 Å². The van der Waals surface area contributed by atoms with E-state index in [9.17, 15) is 0 Å². The van der Waals surface area contributed by atoms with Crippen molar-refractivity contribution in [3.8, 4) is 0 Å². The van der Waals surface area contributed by atoms with Gasteiger partial charge >= 0.3 is 0 Å². The topological polar surface area (TPSA) is 24.4 Å². The van der Waals surface area contributed by atoms with Crippen molar-refractivity contribution in [3.63, 3.8) is 0 Å². The van der Waals surface area contributed by atoms with Gasteiger partial charge in [0.1, 0.15) is 5.84 Å². The molecule has 2 heteroatoms. The Morgan fingerprint density at radius 3 is 2.32 bits per heavy atom. The summed E-state index contributed by atoms with van der Waals surface area (Å²) in [7, 11) is 0. The fourth-order valence-electron chi connectivity index (χ4n) is 6.31. The first-order valence-corrected chi connectivity index (χ1v) is 10.9. The van der Waals surface area contributed by atoms with Crippen LogP contribution in [0.25, 0.3) is 0 Å². The molecular weight excluding hydrogens is 340 g/mol. The molecule has 5 rings (SSSR count). The van der Waals surface area contributed by atoms with Gasteiger partial charge in [0.25, 0.3) is 0 Å². The predicted molar refractivity (Wildman–Crippen MR) is 118 cm³/mol. The van der Waals surface area contributed by atoms with Crippen LogP contribution in [0.1, 0.15) is 61.3 Å². The lowest BCUT2D eigenvalue weighted by molar-refractivity contribution is 0.348. The van der Waals surface area contributed by atoms with Gasteiger partial charge in [-0.1, -0.05) is 42.5 Å². The second-order valence-corrected chi connectivity index (χ2v) is 9.96. The number of rotatable bonds is 1. The Morgan fingerprint density at radius 1 is 0.893 bits per heavy atom. The maximum Gasteiger partial charge on any atom is 0.105 e. The van der Waals surface area contributed by atoms with Gasteiger partial charge in [-0.05, 0) is 93.4 Å². The minimum Gasteiger partial charge on any atom is -0.343 e. The van der Waals surface area contributed by atoms with Crippen molar-refractivity contribution < 1.29 is 0 Å². The smallest absolute Gasteiger partial charge is 0.105 e. The summed E-state index contributed by atoms with van der Waals surface area (Å²) >= 11 is 0. The molecule has 2 aromatic carbocycles. The third kappa shape index (κ3) is 2.89. The standard InChI is InChI=1S/C26H32N2/c1-16-8-7-9-17(2)24(16)27-25-23-19-13-12-18(14-19)22(23)21-11-6-5-10-20(21)15-26(3,4)28-25/h5-11,18-19,22-23H,12-15H2,1-4H3,(H,27,28). The van der Waals surface area contributed by atoms with Crippen molar-refractivity contribution in [3.05, 3.63) is 64.7 Å². The van der Waals surface area contributed by atoms with Gasteiger partial charge in [-0.3, -0.25) is 4.99 Å². The van der Waals surface area contributed by atoms with Crippen molar-refractivity contribution in [2.45, 2.75) is 64.8 Å². The molecule has 0 radical (unpaired) electrons. The highest BCUT2D eigenvalue weighted by Crippen LogP contribution is 2.58. The fraction of sp³-hybridized carbons (Fsp3) is 0.500. The monoisotopic (exact) mass is 372 g/mol. The number of aryl methyl sites for hydroxylation is 2. The van der Waals surface area contributed by atoms with E-state index in [4.69, 9.17) is 4.99 Å². The van der Waals surface area contributed by atoms with Crippen LogP contribution in [0.5, 0.6) is 0 Å². The maximum absolute atomic E-state index is 5.41. The summed E-state index contributed by atoms with van der Waals surface area (Å²) < 4.78 is 0. The summed E-state index contributed by atoms with van der Waals surface area (Å²) in [5.41, 5.74) is 6.90. The summed E-state index contributed by atoms with van der Waals surface area (Å²) in [5.74, 6) is 3.99. The van der Waals surface area contributed by atoms with Gasteiger partial charge in [0.2, 0.25) is 0 Å². The van der Waals surface area contributed by atoms with Crippen molar-refractivity contribution >= 4 is 11.5 Å². The molecule has 2 bridgehead atoms. The molecule has 0 aromatic heterocycles. The molecule has 4 atom stereocenters. The molecule has 28 heavy (non-hydrogen) atoms. The minimum absolute atomic E-state index is 0.0954. The Hall–Kier alpha value is -2.09. The Labute approximate surface area is 169 Å². The van der Waals surface area contributed by atoms with Crippen LogP contribution in [0.15, 0.2) is 47.5 Å². The molecule has 1 N–H and O–H groups in total. The van der Waals surface area contributed by atoms with E-state index in [0.717, 1.165) is 18.3 Å². The first-order chi connectivity index (χ1) is 13.4. The second-order valence-electron chi connectivity index (χ2n) is 9.96. The highest BCUT2D eigenvalue weighted by molar-refractivity contribution is 6.00. The molecular formula is C26H32N2. The number of fused-ring (bicyclic) bond motifs is 7. The summed E-state index contributed by atoms with van der Waals surface area (Å²) in [4.78, 5) is 5.41. The highest BCUT2D eigenvalue weighted by atomic mass is 15.0. The van der Waals surface area contributed by atoms with E-state index in [1.807, 2.05) is 0 Å². The van der Waals surface area contributed by atoms with E-state index in [1.165, 1.54) is 47.5 Å². The molecule has 2 fully saturated rings. The van der Waals surface area contributed by atoms with Crippen LogP contribution in [0.2, 0.25) is 0 Å². The van der Waals surface area contributed by atoms with E-state index >= 15 is 0 Å². The molecule has 2 nitrogen and oxygen atoms in total. The van der Waals surface area contributed by atoms with Gasteiger partial charge in [0, 0.05) is 11.6 Å². The Bertz CT molecular complexity index is 919. The van der Waals surface area contributed by atoms with Gasteiger partial charge in [-0.25, -0.2) is 0 Å². The number of nitrogens with one attached hydrogen (secondary N) is 1. The molecule has 0 amide bonds. The van der Waals surface area contributed by atoms with E-state index in [1.54, 1.807) is 5.56 Å². The molecule has 4 unspecified atom stereocenters. The molecule has 146 valence electrons. The van der Waals surface area contributed by atoms with E-state index in [0.29, 0.717) is 11.8 Å². The van der Waals surface area contributed by atoms with Crippen molar-refractivity contribution in [1.82, 2.24) is 0 Å². The van der Waals surface area contributed by atoms with Crippen molar-refractivity contribution in [1.29, 1.82) is 0 Å². The van der Waals surface area contributed by atoms with Crippen LogP contribution in [0.4, 0.5) is 5.69 Å². The summed E-state index contributed by atoms with van der Waals surface area (Å²) in [5, 5.41) is 3.88. The second kappa shape index (κ2) is 6.47. The minimum atomic E-state index is -0.0954. The highest BCUT2D eigenvalue weighted by Gasteiger charge is 2.51. The summed E-state index contributed by atoms with van der Waals surface area (Å²) in [6, 6.07) is 15.8. The SMILES string of the molecule is Cc1cccc(C)c1NC1=NC(C)(C)Cc2ccccc2C2C3CCC(C3)C12. The number of aliphatic imine (C=N–C) groups is 1. The van der Waals surface area contributed by atoms with Crippen LogP contribution >= 0.6 is 0 Å². The Balaban J connectivity index is 1.64. The normalized spacial score (nSPS) is 30.1. The number of nitrogens with zero attached hydrogens (tertiary/aromatic N) is 1. The molecule has 2 aliphatic carbocycles.